The second-order valence-electron chi connectivity index (χ2n) is 7.94. The average Bonchev–Trinajstić information content (AvgIpc) is 2.82. The maximum absolute atomic E-state index is 12.9. The number of aromatic nitrogens is 1. The molecular formula is C26H22N6O. The third-order valence-electron chi connectivity index (χ3n) is 5.55. The van der Waals surface area contributed by atoms with E-state index in [1.807, 2.05) is 54.6 Å². The van der Waals surface area contributed by atoms with Crippen molar-refractivity contribution in [3.05, 3.63) is 90.1 Å². The van der Waals surface area contributed by atoms with Crippen molar-refractivity contribution < 1.29 is 4.79 Å². The first-order valence-electron chi connectivity index (χ1n) is 10.7. The lowest BCUT2D eigenvalue weighted by Gasteiger charge is -2.29. The molecule has 162 valence electrons. The molecule has 1 aliphatic heterocycles. The van der Waals surface area contributed by atoms with Gasteiger partial charge in [-0.05, 0) is 60.7 Å². The molecule has 3 aromatic carbocycles. The van der Waals surface area contributed by atoms with Gasteiger partial charge in [0, 0.05) is 53.0 Å². The van der Waals surface area contributed by atoms with E-state index < -0.39 is 0 Å². The van der Waals surface area contributed by atoms with Crippen molar-refractivity contribution in [1.82, 2.24) is 10.3 Å². The van der Waals surface area contributed by atoms with Crippen molar-refractivity contribution in [2.75, 3.05) is 29.0 Å². The van der Waals surface area contributed by atoms with Crippen molar-refractivity contribution in [2.45, 2.75) is 6.04 Å². The molecule has 4 aromatic rings. The quantitative estimate of drug-likeness (QED) is 0.357. The highest BCUT2D eigenvalue weighted by atomic mass is 16.1. The summed E-state index contributed by atoms with van der Waals surface area (Å²) in [6.07, 6.45) is 1.72. The lowest BCUT2D eigenvalue weighted by molar-refractivity contribution is 0.102. The molecule has 1 saturated heterocycles. The van der Waals surface area contributed by atoms with Gasteiger partial charge in [0.25, 0.3) is 5.91 Å². The van der Waals surface area contributed by atoms with E-state index in [9.17, 15) is 10.1 Å². The van der Waals surface area contributed by atoms with Gasteiger partial charge in [0.15, 0.2) is 0 Å². The zero-order valence-electron chi connectivity index (χ0n) is 17.8. The first-order valence-corrected chi connectivity index (χ1v) is 10.7. The van der Waals surface area contributed by atoms with E-state index in [0.717, 1.165) is 46.7 Å². The minimum Gasteiger partial charge on any atom is -0.380 e. The Kier molecular flexibility index (Phi) is 5.58. The molecule has 2 heterocycles. The van der Waals surface area contributed by atoms with Gasteiger partial charge >= 0.3 is 0 Å². The van der Waals surface area contributed by atoms with Gasteiger partial charge < -0.3 is 21.3 Å². The van der Waals surface area contributed by atoms with Crippen LogP contribution in [0, 0.1) is 11.3 Å². The molecular weight excluding hydrogens is 412 g/mol. The molecule has 7 nitrogen and oxygen atoms in total. The molecule has 0 aliphatic carbocycles. The van der Waals surface area contributed by atoms with Crippen molar-refractivity contribution >= 4 is 39.6 Å². The number of nitriles is 1. The number of nitrogens with zero attached hydrogens (tertiary/aromatic N) is 2. The van der Waals surface area contributed by atoms with Crippen LogP contribution in [0.4, 0.5) is 22.7 Å². The zero-order valence-corrected chi connectivity index (χ0v) is 17.8. The van der Waals surface area contributed by atoms with E-state index in [2.05, 4.69) is 32.3 Å². The van der Waals surface area contributed by atoms with Gasteiger partial charge in [0.2, 0.25) is 0 Å². The molecule has 0 saturated carbocycles. The molecule has 0 radical (unpaired) electrons. The predicted octanol–water partition coefficient (Wildman–Crippen LogP) is 4.49. The Morgan fingerprint density at radius 3 is 2.61 bits per heavy atom. The van der Waals surface area contributed by atoms with Crippen LogP contribution in [0.25, 0.3) is 10.9 Å². The number of pyridine rings is 1. The summed E-state index contributed by atoms with van der Waals surface area (Å²) in [6.45, 7) is 1.89. The van der Waals surface area contributed by atoms with Gasteiger partial charge in [-0.3, -0.25) is 9.78 Å². The molecule has 1 aliphatic rings. The van der Waals surface area contributed by atoms with Crippen molar-refractivity contribution in [3.63, 3.8) is 0 Å². The van der Waals surface area contributed by atoms with Gasteiger partial charge in [0.1, 0.15) is 0 Å². The monoisotopic (exact) mass is 434 g/mol. The summed E-state index contributed by atoms with van der Waals surface area (Å²) in [4.78, 5) is 17.3. The maximum atomic E-state index is 12.9. The molecule has 0 spiro atoms. The maximum Gasteiger partial charge on any atom is 0.255 e. The predicted molar refractivity (Wildman–Crippen MR) is 131 cm³/mol. The number of hydrogen-bond donors (Lipinski definition) is 4. The van der Waals surface area contributed by atoms with Crippen molar-refractivity contribution in [3.8, 4) is 6.07 Å². The first-order chi connectivity index (χ1) is 16.2. The van der Waals surface area contributed by atoms with E-state index in [0.29, 0.717) is 17.2 Å². The number of benzene rings is 3. The Balaban J connectivity index is 1.33. The number of amides is 1. The van der Waals surface area contributed by atoms with Crippen LogP contribution in [0.5, 0.6) is 0 Å². The second-order valence-corrected chi connectivity index (χ2v) is 7.94. The molecule has 7 heteroatoms. The summed E-state index contributed by atoms with van der Waals surface area (Å²) in [6, 6.07) is 24.9. The highest BCUT2D eigenvalue weighted by Crippen LogP contribution is 2.27. The SMILES string of the molecule is N#Cc1ccc2nccc(Nc3cccc(C(=O)Nc4cccc(NC5CNC5)c4)c3)c2c1. The lowest BCUT2D eigenvalue weighted by Crippen LogP contribution is -2.51. The molecule has 1 aromatic heterocycles. The Labute approximate surface area is 191 Å². The summed E-state index contributed by atoms with van der Waals surface area (Å²) >= 11 is 0. The normalized spacial score (nSPS) is 13.1. The molecule has 4 N–H and O–H groups in total. The summed E-state index contributed by atoms with van der Waals surface area (Å²) < 4.78 is 0. The highest BCUT2D eigenvalue weighted by molar-refractivity contribution is 6.05. The minimum atomic E-state index is -0.188. The summed E-state index contributed by atoms with van der Waals surface area (Å²) in [5, 5.41) is 23.1. The zero-order chi connectivity index (χ0) is 22.6. The minimum absolute atomic E-state index is 0.188. The van der Waals surface area contributed by atoms with E-state index in [1.165, 1.54) is 0 Å². The third-order valence-corrected chi connectivity index (χ3v) is 5.55. The molecule has 1 amide bonds. The molecule has 5 rings (SSSR count). The molecule has 0 atom stereocenters. The summed E-state index contributed by atoms with van der Waals surface area (Å²) in [5.41, 5.74) is 5.20. The van der Waals surface area contributed by atoms with Crippen molar-refractivity contribution in [2.24, 2.45) is 0 Å². The van der Waals surface area contributed by atoms with Crippen LogP contribution in [0.3, 0.4) is 0 Å². The van der Waals surface area contributed by atoms with Gasteiger partial charge in [-0.1, -0.05) is 12.1 Å². The van der Waals surface area contributed by atoms with E-state index in [4.69, 9.17) is 0 Å². The van der Waals surface area contributed by atoms with E-state index >= 15 is 0 Å². The number of nitrogens with one attached hydrogen (secondary N) is 4. The van der Waals surface area contributed by atoms with Crippen LogP contribution in [0.15, 0.2) is 79.0 Å². The Morgan fingerprint density at radius 1 is 0.970 bits per heavy atom. The Hall–Kier alpha value is -4.41. The highest BCUT2D eigenvalue weighted by Gasteiger charge is 2.16. The Morgan fingerprint density at radius 2 is 1.79 bits per heavy atom. The van der Waals surface area contributed by atoms with Crippen molar-refractivity contribution in [1.29, 1.82) is 5.26 Å². The largest absolute Gasteiger partial charge is 0.380 e. The molecule has 0 unspecified atom stereocenters. The van der Waals surface area contributed by atoms with Crippen LogP contribution in [-0.2, 0) is 0 Å². The van der Waals surface area contributed by atoms with Gasteiger partial charge in [-0.25, -0.2) is 0 Å². The van der Waals surface area contributed by atoms with Gasteiger partial charge in [0.05, 0.1) is 23.2 Å². The van der Waals surface area contributed by atoms with Crippen LogP contribution in [0.2, 0.25) is 0 Å². The average molecular weight is 435 g/mol. The number of hydrogen-bond acceptors (Lipinski definition) is 6. The van der Waals surface area contributed by atoms with E-state index in [1.54, 1.807) is 24.4 Å². The third kappa shape index (κ3) is 4.61. The lowest BCUT2D eigenvalue weighted by atomic mass is 10.1. The molecule has 1 fully saturated rings. The van der Waals surface area contributed by atoms with Gasteiger partial charge in [-0.15, -0.1) is 0 Å². The van der Waals surface area contributed by atoms with E-state index in [-0.39, 0.29) is 5.91 Å². The van der Waals surface area contributed by atoms with Gasteiger partial charge in [-0.2, -0.15) is 5.26 Å². The fourth-order valence-corrected chi connectivity index (χ4v) is 3.73. The van der Waals surface area contributed by atoms with Crippen LogP contribution >= 0.6 is 0 Å². The molecule has 33 heavy (non-hydrogen) atoms. The first kappa shape index (κ1) is 20.5. The number of carbonyl (C=O) groups is 1. The number of fused-ring (bicyclic) bond motifs is 1. The smallest absolute Gasteiger partial charge is 0.255 e. The molecule has 0 bridgehead atoms. The fourth-order valence-electron chi connectivity index (χ4n) is 3.73. The second kappa shape index (κ2) is 8.99. The topological polar surface area (TPSA) is 102 Å². The fraction of sp³-hybridized carbons (Fsp3) is 0.115. The summed E-state index contributed by atoms with van der Waals surface area (Å²) in [5.74, 6) is -0.188. The Bertz CT molecular complexity index is 1370. The van der Waals surface area contributed by atoms with Crippen LogP contribution < -0.4 is 21.3 Å². The number of carbonyl (C=O) groups excluding carboxylic acids is 1. The summed E-state index contributed by atoms with van der Waals surface area (Å²) in [7, 11) is 0. The number of rotatable bonds is 6. The van der Waals surface area contributed by atoms with Crippen LogP contribution in [0.1, 0.15) is 15.9 Å². The number of anilines is 4. The standard InChI is InChI=1S/C26H22N6O/c27-14-17-7-8-24-23(11-17)25(9-10-29-24)31-19-4-1-3-18(12-19)26(33)32-21-6-2-5-20(13-21)30-22-15-28-16-22/h1-13,22,28,30H,15-16H2,(H,29,31)(H,32,33). The van der Waals surface area contributed by atoms with Crippen LogP contribution in [-0.4, -0.2) is 30.0 Å².